The van der Waals surface area contributed by atoms with Gasteiger partial charge in [-0.15, -0.1) is 24.0 Å². The summed E-state index contributed by atoms with van der Waals surface area (Å²) in [6.45, 7) is 3.77. The van der Waals surface area contributed by atoms with Crippen LogP contribution < -0.4 is 5.73 Å². The molecule has 3 heteroatoms. The summed E-state index contributed by atoms with van der Waals surface area (Å²) >= 11 is 6.43. The molecular formula is C27H23NS2. The summed E-state index contributed by atoms with van der Waals surface area (Å²) in [7, 11) is 0. The van der Waals surface area contributed by atoms with Crippen molar-refractivity contribution in [2.24, 2.45) is 5.73 Å². The summed E-state index contributed by atoms with van der Waals surface area (Å²) in [6, 6.07) is 22.0. The van der Waals surface area contributed by atoms with E-state index in [9.17, 15) is 0 Å². The van der Waals surface area contributed by atoms with E-state index in [0.29, 0.717) is 0 Å². The van der Waals surface area contributed by atoms with Gasteiger partial charge in [0.1, 0.15) is 0 Å². The Balaban J connectivity index is 1.75. The third-order valence-electron chi connectivity index (χ3n) is 5.01. The van der Waals surface area contributed by atoms with Gasteiger partial charge in [-0.05, 0) is 71.3 Å². The van der Waals surface area contributed by atoms with Gasteiger partial charge in [0.25, 0.3) is 0 Å². The molecule has 4 aromatic rings. The minimum atomic E-state index is 0.880. The van der Waals surface area contributed by atoms with Crippen molar-refractivity contribution in [3.8, 4) is 11.1 Å². The standard InChI is InChI=1S/C27H23NS2/c1-2-7-25(29)22-12-14-27-24(18-22)23-17-21(11-13-26(23)30-27)20-10-6-9-19(16-20)8-4-3-5-15-28/h2-7,9-18,29H,1,8,28H2/b4-3-,15-5-,25-7-. The zero-order valence-electron chi connectivity index (χ0n) is 16.6. The summed E-state index contributed by atoms with van der Waals surface area (Å²) in [6.07, 6.45) is 12.1. The van der Waals surface area contributed by atoms with E-state index in [0.717, 1.165) is 16.9 Å². The smallest absolute Gasteiger partial charge is 0.0355 e. The maximum absolute atomic E-state index is 5.38. The van der Waals surface area contributed by atoms with Crippen LogP contribution in [0.5, 0.6) is 0 Å². The molecule has 2 N–H and O–H groups in total. The van der Waals surface area contributed by atoms with E-state index in [1.165, 1.54) is 36.9 Å². The third kappa shape index (κ3) is 4.28. The first-order chi connectivity index (χ1) is 14.7. The molecule has 0 radical (unpaired) electrons. The number of allylic oxidation sites excluding steroid dienone is 5. The first kappa shape index (κ1) is 20.3. The van der Waals surface area contributed by atoms with E-state index in [-0.39, 0.29) is 0 Å². The lowest BCUT2D eigenvalue weighted by molar-refractivity contribution is 1.27. The number of nitrogens with two attached hydrogens (primary N) is 1. The average molecular weight is 426 g/mol. The molecule has 0 unspecified atom stereocenters. The monoisotopic (exact) mass is 425 g/mol. The molecule has 3 aromatic carbocycles. The van der Waals surface area contributed by atoms with Crippen molar-refractivity contribution >= 4 is 49.0 Å². The van der Waals surface area contributed by atoms with E-state index in [1.807, 2.05) is 29.6 Å². The zero-order valence-corrected chi connectivity index (χ0v) is 18.3. The predicted octanol–water partition coefficient (Wildman–Crippen LogP) is 7.75. The highest BCUT2D eigenvalue weighted by molar-refractivity contribution is 7.90. The zero-order chi connectivity index (χ0) is 20.9. The fourth-order valence-corrected chi connectivity index (χ4v) is 4.86. The van der Waals surface area contributed by atoms with Crippen LogP contribution in [0.25, 0.3) is 36.2 Å². The highest BCUT2D eigenvalue weighted by atomic mass is 32.1. The second kappa shape index (κ2) is 9.21. The Kier molecular flexibility index (Phi) is 6.22. The molecule has 0 bridgehead atoms. The lowest BCUT2D eigenvalue weighted by atomic mass is 9.99. The Hall–Kier alpha value is -3.01. The van der Waals surface area contributed by atoms with Crippen LogP contribution in [0.15, 0.2) is 104 Å². The van der Waals surface area contributed by atoms with Gasteiger partial charge in [0.15, 0.2) is 0 Å². The van der Waals surface area contributed by atoms with Gasteiger partial charge in [0.05, 0.1) is 0 Å². The Morgan fingerprint density at radius 3 is 2.50 bits per heavy atom. The molecule has 148 valence electrons. The first-order valence-corrected chi connectivity index (χ1v) is 11.1. The maximum atomic E-state index is 5.38. The van der Waals surface area contributed by atoms with Crippen molar-refractivity contribution in [2.45, 2.75) is 6.42 Å². The maximum Gasteiger partial charge on any atom is 0.0355 e. The number of thiophene rings is 1. The van der Waals surface area contributed by atoms with Gasteiger partial charge in [0.2, 0.25) is 0 Å². The van der Waals surface area contributed by atoms with Gasteiger partial charge < -0.3 is 5.73 Å². The minimum absolute atomic E-state index is 0.880. The van der Waals surface area contributed by atoms with E-state index >= 15 is 0 Å². The molecule has 0 aliphatic rings. The topological polar surface area (TPSA) is 26.0 Å². The number of hydrogen-bond acceptors (Lipinski definition) is 3. The molecule has 0 atom stereocenters. The SMILES string of the molecule is C=C/C=C(\S)c1ccc2sc3ccc(-c4cccc(C/C=C\C=C/N)c4)cc3c2c1. The number of benzene rings is 3. The molecule has 0 saturated carbocycles. The summed E-state index contributed by atoms with van der Waals surface area (Å²) < 4.78 is 2.59. The number of rotatable bonds is 6. The van der Waals surface area contributed by atoms with Crippen LogP contribution in [0.2, 0.25) is 0 Å². The molecule has 0 fully saturated rings. The van der Waals surface area contributed by atoms with Crippen molar-refractivity contribution in [2.75, 3.05) is 0 Å². The fraction of sp³-hybridized carbons (Fsp3) is 0.0370. The Bertz CT molecular complexity index is 1310. The van der Waals surface area contributed by atoms with Crippen molar-refractivity contribution < 1.29 is 0 Å². The lowest BCUT2D eigenvalue weighted by Crippen LogP contribution is -1.84. The number of hydrogen-bond donors (Lipinski definition) is 2. The van der Waals surface area contributed by atoms with E-state index in [4.69, 9.17) is 5.73 Å². The average Bonchev–Trinajstić information content (AvgIpc) is 3.14. The minimum Gasteiger partial charge on any atom is -0.405 e. The normalized spacial score (nSPS) is 12.5. The summed E-state index contributed by atoms with van der Waals surface area (Å²) in [5.41, 5.74) is 10.2. The molecule has 1 heterocycles. The molecule has 4 rings (SSSR count). The van der Waals surface area contributed by atoms with Crippen molar-refractivity contribution in [1.29, 1.82) is 0 Å². The largest absolute Gasteiger partial charge is 0.405 e. The van der Waals surface area contributed by atoms with Gasteiger partial charge in [-0.2, -0.15) is 0 Å². The second-order valence-electron chi connectivity index (χ2n) is 7.03. The van der Waals surface area contributed by atoms with Gasteiger partial charge in [-0.25, -0.2) is 0 Å². The lowest BCUT2D eigenvalue weighted by Gasteiger charge is -2.05. The van der Waals surface area contributed by atoms with Gasteiger partial charge in [0, 0.05) is 25.1 Å². The molecule has 0 spiro atoms. The molecule has 30 heavy (non-hydrogen) atoms. The molecule has 1 aromatic heterocycles. The van der Waals surface area contributed by atoms with E-state index < -0.39 is 0 Å². The van der Waals surface area contributed by atoms with Crippen LogP contribution >= 0.6 is 24.0 Å². The molecule has 0 aliphatic heterocycles. The fourth-order valence-electron chi connectivity index (χ4n) is 3.55. The Labute approximate surface area is 187 Å². The summed E-state index contributed by atoms with van der Waals surface area (Å²) in [5, 5.41) is 2.55. The van der Waals surface area contributed by atoms with Crippen molar-refractivity contribution in [3.63, 3.8) is 0 Å². The van der Waals surface area contributed by atoms with Crippen LogP contribution in [0.1, 0.15) is 11.1 Å². The third-order valence-corrected chi connectivity index (χ3v) is 6.57. The van der Waals surface area contributed by atoms with Crippen LogP contribution in [0, 0.1) is 0 Å². The second-order valence-corrected chi connectivity index (χ2v) is 8.59. The van der Waals surface area contributed by atoms with Gasteiger partial charge in [-0.1, -0.05) is 61.2 Å². The van der Waals surface area contributed by atoms with E-state index in [2.05, 4.69) is 85.9 Å². The molecule has 1 nitrogen and oxygen atoms in total. The number of fused-ring (bicyclic) bond motifs is 3. The summed E-state index contributed by atoms with van der Waals surface area (Å²) in [5.74, 6) is 0. The van der Waals surface area contributed by atoms with Gasteiger partial charge in [-0.3, -0.25) is 0 Å². The first-order valence-electron chi connectivity index (χ1n) is 9.80. The quantitative estimate of drug-likeness (QED) is 0.240. The molecule has 0 amide bonds. The molecule has 0 aliphatic carbocycles. The van der Waals surface area contributed by atoms with Crippen LogP contribution in [0.3, 0.4) is 0 Å². The van der Waals surface area contributed by atoms with Crippen LogP contribution in [-0.4, -0.2) is 0 Å². The van der Waals surface area contributed by atoms with E-state index in [1.54, 1.807) is 12.3 Å². The highest BCUT2D eigenvalue weighted by Gasteiger charge is 2.09. The Morgan fingerprint density at radius 2 is 1.70 bits per heavy atom. The molecular weight excluding hydrogens is 402 g/mol. The Morgan fingerprint density at radius 1 is 0.933 bits per heavy atom. The van der Waals surface area contributed by atoms with Crippen molar-refractivity contribution in [1.82, 2.24) is 0 Å². The number of thiol groups is 1. The predicted molar refractivity (Wildman–Crippen MR) is 138 cm³/mol. The summed E-state index contributed by atoms with van der Waals surface area (Å²) in [4.78, 5) is 0.924. The van der Waals surface area contributed by atoms with Crippen LogP contribution in [0.4, 0.5) is 0 Å². The van der Waals surface area contributed by atoms with Gasteiger partial charge >= 0.3 is 0 Å². The van der Waals surface area contributed by atoms with Crippen LogP contribution in [-0.2, 0) is 6.42 Å². The highest BCUT2D eigenvalue weighted by Crippen LogP contribution is 2.38. The van der Waals surface area contributed by atoms with Crippen molar-refractivity contribution in [3.05, 3.63) is 115 Å². The molecule has 0 saturated heterocycles.